The number of hydrogen-bond donors (Lipinski definition) is 2. The van der Waals surface area contributed by atoms with Crippen molar-refractivity contribution in [3.05, 3.63) is 39.7 Å². The summed E-state index contributed by atoms with van der Waals surface area (Å²) in [5.74, 6) is -1.05. The summed E-state index contributed by atoms with van der Waals surface area (Å²) in [7, 11) is 5.06. The third-order valence-corrected chi connectivity index (χ3v) is 16.1. The molecule has 0 spiro atoms. The number of ether oxygens (including phenoxy) is 2. The van der Waals surface area contributed by atoms with Crippen molar-refractivity contribution in [3.8, 4) is 11.6 Å². The molecule has 3 aliphatic carbocycles. The van der Waals surface area contributed by atoms with Crippen LogP contribution in [0, 0.1) is 11.8 Å². The molecule has 3 aliphatic rings. The monoisotopic (exact) mass is 738 g/mol. The number of unbranched alkanes of at least 4 members (excludes halogenated alkanes) is 2. The molecule has 0 unspecified atom stereocenters. The van der Waals surface area contributed by atoms with E-state index in [1.807, 2.05) is 39.2 Å². The minimum absolute atomic E-state index is 0.0922. The highest BCUT2D eigenvalue weighted by Gasteiger charge is 2.69. The molecule has 0 aliphatic heterocycles. The topological polar surface area (TPSA) is 127 Å². The van der Waals surface area contributed by atoms with Gasteiger partial charge in [0.05, 0.1) is 24.8 Å². The second kappa shape index (κ2) is 15.3. The van der Waals surface area contributed by atoms with Crippen LogP contribution in [0.15, 0.2) is 16.2 Å². The Morgan fingerprint density at radius 1 is 1.02 bits per heavy atom. The predicted molar refractivity (Wildman–Crippen MR) is 207 cm³/mol. The van der Waals surface area contributed by atoms with Gasteiger partial charge in [-0.15, -0.1) is 0 Å². The Bertz CT molecular complexity index is 1690. The maximum absolute atomic E-state index is 15.7. The Kier molecular flexibility index (Phi) is 11.8. The molecule has 0 radical (unpaired) electrons. The molecule has 11 nitrogen and oxygen atoms in total. The van der Waals surface area contributed by atoms with E-state index >= 15 is 9.59 Å². The van der Waals surface area contributed by atoms with Crippen LogP contribution in [0.25, 0.3) is 5.76 Å². The molecule has 0 bridgehead atoms. The van der Waals surface area contributed by atoms with E-state index in [1.54, 1.807) is 0 Å². The van der Waals surface area contributed by atoms with Crippen molar-refractivity contribution < 1.29 is 33.1 Å². The molecule has 4 atom stereocenters. The molecule has 288 valence electrons. The van der Waals surface area contributed by atoms with E-state index in [9.17, 15) is 5.11 Å². The van der Waals surface area contributed by atoms with Crippen LogP contribution in [-0.4, -0.2) is 88.6 Å². The van der Waals surface area contributed by atoms with Crippen molar-refractivity contribution in [2.75, 3.05) is 52.8 Å². The van der Waals surface area contributed by atoms with Gasteiger partial charge >= 0.3 is 0 Å². The molecule has 1 fully saturated rings. The van der Waals surface area contributed by atoms with Gasteiger partial charge in [0.25, 0.3) is 5.88 Å². The van der Waals surface area contributed by atoms with E-state index in [4.69, 9.17) is 18.4 Å². The van der Waals surface area contributed by atoms with Crippen LogP contribution in [0.4, 0.5) is 5.69 Å². The Morgan fingerprint density at radius 3 is 2.25 bits per heavy atom. The summed E-state index contributed by atoms with van der Waals surface area (Å²) in [5.41, 5.74) is 2.02. The first-order valence-corrected chi connectivity index (χ1v) is 22.1. The van der Waals surface area contributed by atoms with E-state index in [-0.39, 0.29) is 33.7 Å². The number of Topliss-reactive ketones (excluding diaryl/α,β-unsaturated/α-hetero) is 2. The van der Waals surface area contributed by atoms with Gasteiger partial charge in [0.15, 0.2) is 19.7 Å². The SMILES string of the molecule is CCCCOc1cc(CNCC)c(N(C)C)c2c1C(O)=C1C(=O)[C@]3(O[Si](C)(C)C(C)(C)C)C(=O)c4c(OCCCC)noc4[C@@H](N(C)C)[C@@H]3C[C@@H]1C2. The molecule has 1 aromatic heterocycles. The van der Waals surface area contributed by atoms with Crippen LogP contribution < -0.4 is 19.7 Å². The fraction of sp³-hybridized carbons (Fsp3) is 0.675. The number of nitrogens with zero attached hydrogens (tertiary/aromatic N) is 3. The van der Waals surface area contributed by atoms with Crippen molar-refractivity contribution in [1.82, 2.24) is 15.4 Å². The molecule has 0 saturated heterocycles. The van der Waals surface area contributed by atoms with Gasteiger partial charge in [0.1, 0.15) is 17.1 Å². The number of aliphatic hydroxyl groups is 1. The zero-order chi connectivity index (χ0) is 38.3. The first-order chi connectivity index (χ1) is 24.5. The third-order valence-electron chi connectivity index (χ3n) is 11.6. The minimum Gasteiger partial charge on any atom is -0.507 e. The smallest absolute Gasteiger partial charge is 0.265 e. The van der Waals surface area contributed by atoms with E-state index < -0.39 is 37.4 Å². The third kappa shape index (κ3) is 6.73. The second-order valence-electron chi connectivity index (χ2n) is 16.7. The lowest BCUT2D eigenvalue weighted by atomic mass is 9.57. The molecule has 1 heterocycles. The lowest BCUT2D eigenvalue weighted by Crippen LogP contribution is -2.68. The highest BCUT2D eigenvalue weighted by Crippen LogP contribution is 2.59. The molecule has 2 N–H and O–H groups in total. The number of nitrogens with one attached hydrogen (secondary N) is 1. The van der Waals surface area contributed by atoms with Crippen molar-refractivity contribution in [1.29, 1.82) is 0 Å². The molecule has 12 heteroatoms. The van der Waals surface area contributed by atoms with E-state index in [0.29, 0.717) is 49.7 Å². The van der Waals surface area contributed by atoms with Gasteiger partial charge in [0.2, 0.25) is 11.6 Å². The molecule has 1 aromatic carbocycles. The van der Waals surface area contributed by atoms with Crippen molar-refractivity contribution in [2.24, 2.45) is 11.8 Å². The van der Waals surface area contributed by atoms with Gasteiger partial charge < -0.3 is 33.7 Å². The number of ketones is 2. The van der Waals surface area contributed by atoms with E-state index in [0.717, 1.165) is 49.0 Å². The number of fused-ring (bicyclic) bond motifs is 4. The highest BCUT2D eigenvalue weighted by molar-refractivity contribution is 6.74. The molecule has 52 heavy (non-hydrogen) atoms. The molecule has 5 rings (SSSR count). The summed E-state index contributed by atoms with van der Waals surface area (Å²) in [6, 6.07) is 1.49. The normalized spacial score (nSPS) is 23.0. The summed E-state index contributed by atoms with van der Waals surface area (Å²) in [5, 5.41) is 20.0. The van der Waals surface area contributed by atoms with Gasteiger partial charge in [-0.2, -0.15) is 0 Å². The average molecular weight is 739 g/mol. The number of carbonyl (C=O) groups is 2. The van der Waals surface area contributed by atoms with Crippen LogP contribution in [-0.2, 0) is 22.2 Å². The van der Waals surface area contributed by atoms with Gasteiger partial charge in [0, 0.05) is 37.8 Å². The zero-order valence-electron chi connectivity index (χ0n) is 33.6. The number of aliphatic hydroxyl groups excluding tert-OH is 1. The number of anilines is 1. The Hall–Kier alpha value is -3.19. The van der Waals surface area contributed by atoms with Crippen LogP contribution >= 0.6 is 0 Å². The van der Waals surface area contributed by atoms with Gasteiger partial charge in [-0.1, -0.05) is 54.4 Å². The summed E-state index contributed by atoms with van der Waals surface area (Å²) < 4.78 is 25.7. The van der Waals surface area contributed by atoms with Crippen molar-refractivity contribution in [2.45, 2.75) is 116 Å². The first-order valence-electron chi connectivity index (χ1n) is 19.2. The van der Waals surface area contributed by atoms with Crippen molar-refractivity contribution in [3.63, 3.8) is 0 Å². The Balaban J connectivity index is 1.80. The minimum atomic E-state index is -2.83. The summed E-state index contributed by atoms with van der Waals surface area (Å²) >= 11 is 0. The fourth-order valence-corrected chi connectivity index (χ4v) is 9.49. The number of carbonyl (C=O) groups excluding carboxylic acids is 2. The van der Waals surface area contributed by atoms with E-state index in [2.05, 4.69) is 70.0 Å². The van der Waals surface area contributed by atoms with Crippen molar-refractivity contribution >= 4 is 31.3 Å². The summed E-state index contributed by atoms with van der Waals surface area (Å²) in [6.07, 6.45) is 4.38. The summed E-state index contributed by atoms with van der Waals surface area (Å²) in [6.45, 7) is 18.9. The highest BCUT2D eigenvalue weighted by atomic mass is 28.4. The standard InChI is InChI=1S/C40H62N4O7Si/c1-13-16-18-48-28-22-25(23-41-15-3)32(43(7)8)26-20-24-21-27-33(44(9)10)35-31(38(42-50-35)49-19-17-14-2)37(47)40(27,51-52(11,12)39(4,5)6)36(46)29(24)34(45)30(26)28/h22,24,27,33,41,45H,13-21,23H2,1-12H3/t24-,27-,33-,40-/m0/s1. The van der Waals surface area contributed by atoms with E-state index in [1.165, 1.54) is 0 Å². The first kappa shape index (κ1) is 40.0. The molecule has 0 amide bonds. The van der Waals surface area contributed by atoms with Gasteiger partial charge in [-0.25, -0.2) is 0 Å². The Labute approximate surface area is 311 Å². The number of aromatic nitrogens is 1. The largest absolute Gasteiger partial charge is 0.507 e. The lowest BCUT2D eigenvalue weighted by Gasteiger charge is -2.55. The van der Waals surface area contributed by atoms with Crippen LogP contribution in [0.1, 0.15) is 112 Å². The predicted octanol–water partition coefficient (Wildman–Crippen LogP) is 7.50. The number of rotatable bonds is 15. The average Bonchev–Trinajstić information content (AvgIpc) is 3.47. The Morgan fingerprint density at radius 2 is 1.67 bits per heavy atom. The molecular weight excluding hydrogens is 677 g/mol. The molecule has 2 aromatic rings. The number of benzene rings is 1. The number of hydrogen-bond acceptors (Lipinski definition) is 11. The maximum atomic E-state index is 15.7. The fourth-order valence-electron chi connectivity index (χ4n) is 8.04. The quantitative estimate of drug-likeness (QED) is 0.107. The lowest BCUT2D eigenvalue weighted by molar-refractivity contribution is -0.140. The van der Waals surface area contributed by atoms with Gasteiger partial charge in [-0.3, -0.25) is 14.5 Å². The molecular formula is C40H62N4O7Si. The van der Waals surface area contributed by atoms with Crippen LogP contribution in [0.3, 0.4) is 0 Å². The summed E-state index contributed by atoms with van der Waals surface area (Å²) in [4.78, 5) is 35.2. The van der Waals surface area contributed by atoms with Crippen LogP contribution in [0.5, 0.6) is 11.6 Å². The second-order valence-corrected chi connectivity index (χ2v) is 21.4. The molecule has 1 saturated carbocycles. The van der Waals surface area contributed by atoms with Crippen LogP contribution in [0.2, 0.25) is 18.1 Å². The van der Waals surface area contributed by atoms with Gasteiger partial charge in [-0.05, 0) is 92.7 Å². The maximum Gasteiger partial charge on any atom is 0.265 e. The zero-order valence-corrected chi connectivity index (χ0v) is 34.6.